The van der Waals surface area contributed by atoms with Gasteiger partial charge in [0.15, 0.2) is 11.8 Å². The van der Waals surface area contributed by atoms with Gasteiger partial charge in [-0.05, 0) is 12.5 Å². The smallest absolute Gasteiger partial charge is 0.194 e. The Morgan fingerprint density at radius 2 is 2.10 bits per heavy atom. The number of aliphatic imine (C=N–C) groups is 1. The Bertz CT molecular complexity index is 797. The van der Waals surface area contributed by atoms with E-state index in [2.05, 4.69) is 62.6 Å². The van der Waals surface area contributed by atoms with E-state index in [0.717, 1.165) is 51.1 Å². The second-order valence-electron chi connectivity index (χ2n) is 7.37. The molecule has 2 aromatic rings. The highest BCUT2D eigenvalue weighted by Gasteiger charge is 2.41. The molecule has 0 amide bonds. The van der Waals surface area contributed by atoms with Gasteiger partial charge < -0.3 is 19.5 Å². The van der Waals surface area contributed by atoms with E-state index in [-0.39, 0.29) is 30.1 Å². The summed E-state index contributed by atoms with van der Waals surface area (Å²) in [5, 5.41) is 11.5. The normalized spacial score (nSPS) is 22.3. The maximum absolute atomic E-state index is 6.11. The number of likely N-dealkylation sites (tertiary alicyclic amines) is 1. The summed E-state index contributed by atoms with van der Waals surface area (Å²) >= 11 is 0. The van der Waals surface area contributed by atoms with Gasteiger partial charge in [-0.15, -0.1) is 34.2 Å². The summed E-state index contributed by atoms with van der Waals surface area (Å²) in [4.78, 5) is 9.67. The van der Waals surface area contributed by atoms with Crippen LogP contribution in [-0.2, 0) is 24.9 Å². The lowest BCUT2D eigenvalue weighted by Gasteiger charge is -2.36. The van der Waals surface area contributed by atoms with Crippen LogP contribution in [0, 0.1) is 0 Å². The van der Waals surface area contributed by atoms with Crippen molar-refractivity contribution < 1.29 is 4.74 Å². The monoisotopic (exact) mass is 511 g/mol. The van der Waals surface area contributed by atoms with Crippen LogP contribution in [0.25, 0.3) is 0 Å². The molecule has 29 heavy (non-hydrogen) atoms. The van der Waals surface area contributed by atoms with Crippen molar-refractivity contribution in [2.75, 3.05) is 32.8 Å². The van der Waals surface area contributed by atoms with Gasteiger partial charge in [0.05, 0.1) is 18.8 Å². The molecule has 8 nitrogen and oxygen atoms in total. The SMILES string of the molecule is CCNC(=NCc1nncn1C)N1CC2OCCN(Cc3ccccc3)C2C1.I. The molecule has 2 aliphatic rings. The Balaban J connectivity index is 0.00000240. The van der Waals surface area contributed by atoms with Crippen molar-refractivity contribution in [2.24, 2.45) is 12.0 Å². The molecule has 2 atom stereocenters. The summed E-state index contributed by atoms with van der Waals surface area (Å²) in [6, 6.07) is 11.1. The molecule has 2 fully saturated rings. The molecule has 1 aromatic heterocycles. The van der Waals surface area contributed by atoms with Crippen LogP contribution in [-0.4, -0.2) is 75.5 Å². The van der Waals surface area contributed by atoms with Gasteiger partial charge in [0.25, 0.3) is 0 Å². The third kappa shape index (κ3) is 5.26. The van der Waals surface area contributed by atoms with E-state index in [9.17, 15) is 0 Å². The zero-order valence-electron chi connectivity index (χ0n) is 17.1. The van der Waals surface area contributed by atoms with Gasteiger partial charge in [-0.25, -0.2) is 4.99 Å². The molecule has 4 rings (SSSR count). The molecule has 2 unspecified atom stereocenters. The number of morpholine rings is 1. The second-order valence-corrected chi connectivity index (χ2v) is 7.37. The van der Waals surface area contributed by atoms with Crippen molar-refractivity contribution in [1.82, 2.24) is 29.9 Å². The molecule has 3 heterocycles. The van der Waals surface area contributed by atoms with Crippen molar-refractivity contribution in [3.63, 3.8) is 0 Å². The van der Waals surface area contributed by atoms with Gasteiger partial charge in [-0.3, -0.25) is 4.90 Å². The number of halogens is 1. The van der Waals surface area contributed by atoms with Crippen LogP contribution in [0.15, 0.2) is 41.7 Å². The number of benzene rings is 1. The average molecular weight is 511 g/mol. The highest BCUT2D eigenvalue weighted by Crippen LogP contribution is 2.24. The van der Waals surface area contributed by atoms with E-state index in [0.29, 0.717) is 12.6 Å². The lowest BCUT2D eigenvalue weighted by Crippen LogP contribution is -2.50. The lowest BCUT2D eigenvalue weighted by atomic mass is 10.1. The van der Waals surface area contributed by atoms with Crippen LogP contribution >= 0.6 is 24.0 Å². The van der Waals surface area contributed by atoms with E-state index < -0.39 is 0 Å². The predicted molar refractivity (Wildman–Crippen MR) is 123 cm³/mol. The van der Waals surface area contributed by atoms with Crippen LogP contribution in [0.1, 0.15) is 18.3 Å². The van der Waals surface area contributed by atoms with Crippen molar-refractivity contribution >= 4 is 29.9 Å². The maximum Gasteiger partial charge on any atom is 0.194 e. The molecule has 0 saturated carbocycles. The summed E-state index contributed by atoms with van der Waals surface area (Å²) in [6.07, 6.45) is 1.92. The van der Waals surface area contributed by atoms with Gasteiger partial charge in [0.1, 0.15) is 12.9 Å². The number of nitrogens with one attached hydrogen (secondary N) is 1. The first-order valence-corrected chi connectivity index (χ1v) is 10.0. The summed E-state index contributed by atoms with van der Waals surface area (Å²) in [7, 11) is 1.94. The lowest BCUT2D eigenvalue weighted by molar-refractivity contribution is -0.0502. The number of fused-ring (bicyclic) bond motifs is 1. The van der Waals surface area contributed by atoms with E-state index in [1.807, 2.05) is 11.6 Å². The van der Waals surface area contributed by atoms with Crippen LogP contribution in [0.5, 0.6) is 0 Å². The Morgan fingerprint density at radius 1 is 1.28 bits per heavy atom. The molecule has 9 heteroatoms. The van der Waals surface area contributed by atoms with Gasteiger partial charge in [0, 0.05) is 39.8 Å². The number of nitrogens with zero attached hydrogens (tertiary/aromatic N) is 6. The third-order valence-corrected chi connectivity index (χ3v) is 5.45. The average Bonchev–Trinajstić information content (AvgIpc) is 3.33. The van der Waals surface area contributed by atoms with Crippen LogP contribution in [0.4, 0.5) is 0 Å². The molecule has 2 aliphatic heterocycles. The topological polar surface area (TPSA) is 70.8 Å². The maximum atomic E-state index is 6.11. The van der Waals surface area contributed by atoms with Crippen LogP contribution in [0.2, 0.25) is 0 Å². The highest BCUT2D eigenvalue weighted by molar-refractivity contribution is 14.0. The van der Waals surface area contributed by atoms with Crippen molar-refractivity contribution in [1.29, 1.82) is 0 Å². The summed E-state index contributed by atoms with van der Waals surface area (Å²) in [5.41, 5.74) is 1.35. The third-order valence-electron chi connectivity index (χ3n) is 5.45. The zero-order valence-corrected chi connectivity index (χ0v) is 19.4. The fraction of sp³-hybridized carbons (Fsp3) is 0.550. The van der Waals surface area contributed by atoms with E-state index in [1.165, 1.54) is 5.56 Å². The predicted octanol–water partition coefficient (Wildman–Crippen LogP) is 1.48. The Labute approximate surface area is 189 Å². The molecule has 158 valence electrons. The van der Waals surface area contributed by atoms with E-state index in [1.54, 1.807) is 6.33 Å². The molecule has 1 N–H and O–H groups in total. The second kappa shape index (κ2) is 10.4. The van der Waals surface area contributed by atoms with Gasteiger partial charge in [0.2, 0.25) is 0 Å². The number of hydrogen-bond acceptors (Lipinski definition) is 5. The zero-order chi connectivity index (χ0) is 19.3. The molecule has 0 bridgehead atoms. The molecule has 0 radical (unpaired) electrons. The minimum atomic E-state index is 0. The van der Waals surface area contributed by atoms with Gasteiger partial charge in [-0.2, -0.15) is 0 Å². The minimum absolute atomic E-state index is 0. The standard InChI is InChI=1S/C20H29N7O.HI/c1-3-21-20(22-11-19-24-23-15-25(19)2)27-13-17-18(14-27)28-10-9-26(17)12-16-7-5-4-6-8-16;/h4-8,15,17-18H,3,9-14H2,1-2H3,(H,21,22);1H. The molecule has 0 aliphatic carbocycles. The number of rotatable bonds is 5. The summed E-state index contributed by atoms with van der Waals surface area (Å²) in [6.45, 7) is 7.94. The van der Waals surface area contributed by atoms with Gasteiger partial charge >= 0.3 is 0 Å². The Kier molecular flexibility index (Phi) is 7.84. The first-order chi connectivity index (χ1) is 13.7. The fourth-order valence-corrected chi connectivity index (χ4v) is 3.97. The van der Waals surface area contributed by atoms with E-state index >= 15 is 0 Å². The molecular weight excluding hydrogens is 481 g/mol. The molecular formula is C20H30IN7O. The largest absolute Gasteiger partial charge is 0.373 e. The quantitative estimate of drug-likeness (QED) is 0.373. The number of aryl methyl sites for hydroxylation is 1. The van der Waals surface area contributed by atoms with Crippen molar-refractivity contribution in [3.8, 4) is 0 Å². The summed E-state index contributed by atoms with van der Waals surface area (Å²) < 4.78 is 8.01. The first kappa shape index (κ1) is 22.0. The molecule has 2 saturated heterocycles. The van der Waals surface area contributed by atoms with Crippen molar-refractivity contribution in [2.45, 2.75) is 32.2 Å². The van der Waals surface area contributed by atoms with Crippen LogP contribution < -0.4 is 5.32 Å². The number of aromatic nitrogens is 3. The van der Waals surface area contributed by atoms with Crippen LogP contribution in [0.3, 0.4) is 0 Å². The Morgan fingerprint density at radius 3 is 2.83 bits per heavy atom. The number of guanidine groups is 1. The number of hydrogen-bond donors (Lipinski definition) is 1. The van der Waals surface area contributed by atoms with Crippen molar-refractivity contribution in [3.05, 3.63) is 48.0 Å². The van der Waals surface area contributed by atoms with Gasteiger partial charge in [-0.1, -0.05) is 30.3 Å². The number of ether oxygens (including phenoxy) is 1. The van der Waals surface area contributed by atoms with E-state index in [4.69, 9.17) is 9.73 Å². The minimum Gasteiger partial charge on any atom is -0.373 e. The molecule has 0 spiro atoms. The highest BCUT2D eigenvalue weighted by atomic mass is 127. The molecule has 1 aromatic carbocycles. The fourth-order valence-electron chi connectivity index (χ4n) is 3.97. The Hall–Kier alpha value is -1.72. The summed E-state index contributed by atoms with van der Waals surface area (Å²) in [5.74, 6) is 1.78. The first-order valence-electron chi connectivity index (χ1n) is 10.0.